The summed E-state index contributed by atoms with van der Waals surface area (Å²) in [6, 6.07) is 2.11. The van der Waals surface area contributed by atoms with Gasteiger partial charge < -0.3 is 4.90 Å². The highest BCUT2D eigenvalue weighted by molar-refractivity contribution is 7.20. The van der Waals surface area contributed by atoms with Crippen LogP contribution in [0.4, 0.5) is 0 Å². The molecular weight excluding hydrogens is 378 g/mol. The monoisotopic (exact) mass is 399 g/mol. The third-order valence-electron chi connectivity index (χ3n) is 5.70. The first-order valence-corrected chi connectivity index (χ1v) is 11.2. The number of carbonyl (C=O) groups excluding carboxylic acids is 1. The van der Waals surface area contributed by atoms with Gasteiger partial charge in [-0.2, -0.15) is 0 Å². The average Bonchev–Trinajstić information content (AvgIpc) is 3.18. The number of rotatable bonds is 1. The number of carbonyl (C=O) groups is 1. The predicted molar refractivity (Wildman–Crippen MR) is 109 cm³/mol. The van der Waals surface area contributed by atoms with Gasteiger partial charge in [-0.15, -0.1) is 22.7 Å². The van der Waals surface area contributed by atoms with Gasteiger partial charge in [-0.3, -0.25) is 14.2 Å². The number of thiophene rings is 2. The van der Waals surface area contributed by atoms with Crippen molar-refractivity contribution in [2.45, 2.75) is 52.1 Å². The van der Waals surface area contributed by atoms with Crippen LogP contribution in [0.2, 0.25) is 0 Å². The summed E-state index contributed by atoms with van der Waals surface area (Å²) in [5, 5.41) is 2.74. The number of nitrogens with zero attached hydrogens (tertiary/aromatic N) is 3. The fourth-order valence-electron chi connectivity index (χ4n) is 4.18. The molecule has 5 rings (SSSR count). The average molecular weight is 400 g/mol. The molecule has 2 aliphatic heterocycles. The van der Waals surface area contributed by atoms with Gasteiger partial charge in [0.05, 0.1) is 10.3 Å². The molecule has 2 aliphatic rings. The van der Waals surface area contributed by atoms with Crippen molar-refractivity contribution in [2.75, 3.05) is 6.54 Å². The van der Waals surface area contributed by atoms with E-state index in [2.05, 4.69) is 11.4 Å². The molecule has 0 atom stereocenters. The Morgan fingerprint density at radius 2 is 2.07 bits per heavy atom. The Bertz CT molecular complexity index is 1110. The summed E-state index contributed by atoms with van der Waals surface area (Å²) >= 11 is 3.16. The van der Waals surface area contributed by atoms with E-state index in [1.165, 1.54) is 21.8 Å². The number of hydrogen-bond donors (Lipinski definition) is 0. The molecule has 0 saturated heterocycles. The Morgan fingerprint density at radius 3 is 2.96 bits per heavy atom. The molecule has 0 unspecified atom stereocenters. The van der Waals surface area contributed by atoms with Crippen molar-refractivity contribution in [2.24, 2.45) is 0 Å². The molecule has 0 N–H and O–H groups in total. The Labute approximate surface area is 165 Å². The molecular formula is C20H21N3O2S2. The van der Waals surface area contributed by atoms with Crippen LogP contribution in [0.15, 0.2) is 16.2 Å². The maximum atomic E-state index is 13.2. The normalized spacial score (nSPS) is 16.9. The first-order valence-electron chi connectivity index (χ1n) is 9.51. The number of aryl methyl sites for hydroxylation is 2. The zero-order valence-electron chi connectivity index (χ0n) is 15.3. The Hall–Kier alpha value is -1.99. The van der Waals surface area contributed by atoms with Gasteiger partial charge in [-0.1, -0.05) is 6.42 Å². The number of aromatic nitrogens is 2. The molecule has 0 bridgehead atoms. The van der Waals surface area contributed by atoms with Crippen LogP contribution in [0.1, 0.15) is 50.8 Å². The van der Waals surface area contributed by atoms with Crippen LogP contribution >= 0.6 is 22.7 Å². The van der Waals surface area contributed by atoms with Crippen LogP contribution in [-0.2, 0) is 25.9 Å². The van der Waals surface area contributed by atoms with E-state index in [0.717, 1.165) is 61.4 Å². The summed E-state index contributed by atoms with van der Waals surface area (Å²) in [6.45, 7) is 4.04. The largest absolute Gasteiger partial charge is 0.333 e. The lowest BCUT2D eigenvalue weighted by Gasteiger charge is -2.26. The van der Waals surface area contributed by atoms with Gasteiger partial charge >= 0.3 is 0 Å². The van der Waals surface area contributed by atoms with Crippen LogP contribution in [0.5, 0.6) is 0 Å². The van der Waals surface area contributed by atoms with Crippen LogP contribution < -0.4 is 5.56 Å². The molecule has 7 heteroatoms. The van der Waals surface area contributed by atoms with Crippen molar-refractivity contribution in [3.05, 3.63) is 48.5 Å². The zero-order chi connectivity index (χ0) is 18.5. The van der Waals surface area contributed by atoms with Crippen LogP contribution in [-0.4, -0.2) is 26.9 Å². The highest BCUT2D eigenvalue weighted by atomic mass is 32.1. The third-order valence-corrected chi connectivity index (χ3v) is 7.90. The van der Waals surface area contributed by atoms with E-state index in [1.807, 2.05) is 16.4 Å². The van der Waals surface area contributed by atoms with Crippen LogP contribution in [0.3, 0.4) is 0 Å². The highest BCUT2D eigenvalue weighted by Crippen LogP contribution is 2.31. The van der Waals surface area contributed by atoms with Gasteiger partial charge in [0, 0.05) is 30.9 Å². The Kier molecular flexibility index (Phi) is 4.16. The molecule has 0 radical (unpaired) electrons. The second kappa shape index (κ2) is 6.56. The molecule has 0 saturated carbocycles. The van der Waals surface area contributed by atoms with Gasteiger partial charge in [-0.25, -0.2) is 4.98 Å². The van der Waals surface area contributed by atoms with Crippen molar-refractivity contribution in [1.82, 2.24) is 14.5 Å². The molecule has 0 spiro atoms. The quantitative estimate of drug-likeness (QED) is 0.626. The molecule has 3 aromatic rings. The van der Waals surface area contributed by atoms with Gasteiger partial charge in [0.15, 0.2) is 0 Å². The van der Waals surface area contributed by atoms with Crippen LogP contribution in [0.25, 0.3) is 10.2 Å². The van der Waals surface area contributed by atoms with Crippen molar-refractivity contribution >= 4 is 38.8 Å². The SMILES string of the molecule is Cc1c(C(=O)N2CCc3sccc3C2)sc2nc3n(c(=O)c12)CCCCC3. The molecule has 27 heavy (non-hydrogen) atoms. The maximum absolute atomic E-state index is 13.2. The first kappa shape index (κ1) is 17.1. The van der Waals surface area contributed by atoms with E-state index in [1.54, 1.807) is 11.3 Å². The van der Waals surface area contributed by atoms with E-state index >= 15 is 0 Å². The summed E-state index contributed by atoms with van der Waals surface area (Å²) < 4.78 is 1.84. The van der Waals surface area contributed by atoms with Gasteiger partial charge in [0.1, 0.15) is 10.7 Å². The molecule has 0 aromatic carbocycles. The number of amides is 1. The van der Waals surface area contributed by atoms with E-state index in [4.69, 9.17) is 4.98 Å². The lowest BCUT2D eigenvalue weighted by Crippen LogP contribution is -2.35. The second-order valence-corrected chi connectivity index (χ2v) is 9.38. The third kappa shape index (κ3) is 2.75. The van der Waals surface area contributed by atoms with E-state index in [0.29, 0.717) is 16.8 Å². The van der Waals surface area contributed by atoms with E-state index < -0.39 is 0 Å². The standard InChI is InChI=1S/C20H21N3O2S2/c1-12-16-18(21-15-5-3-2-4-8-23(15)19(16)24)27-17(12)20(25)22-9-6-14-13(11-22)7-10-26-14/h7,10H,2-6,8-9,11H2,1H3. The lowest BCUT2D eigenvalue weighted by atomic mass is 10.1. The summed E-state index contributed by atoms with van der Waals surface area (Å²) in [6.07, 6.45) is 4.99. The fraction of sp³-hybridized carbons (Fsp3) is 0.450. The number of hydrogen-bond acceptors (Lipinski definition) is 5. The molecule has 0 fully saturated rings. The summed E-state index contributed by atoms with van der Waals surface area (Å²) in [7, 11) is 0. The molecule has 5 heterocycles. The Balaban J connectivity index is 1.56. The van der Waals surface area contributed by atoms with Crippen molar-refractivity contribution in [1.29, 1.82) is 0 Å². The summed E-state index contributed by atoms with van der Waals surface area (Å²) in [5.74, 6) is 0.915. The smallest absolute Gasteiger partial charge is 0.264 e. The molecule has 1 amide bonds. The van der Waals surface area contributed by atoms with Crippen LogP contribution in [0, 0.1) is 6.92 Å². The minimum atomic E-state index is 0.0310. The van der Waals surface area contributed by atoms with Crippen molar-refractivity contribution < 1.29 is 4.79 Å². The molecule has 140 valence electrons. The topological polar surface area (TPSA) is 55.2 Å². The zero-order valence-corrected chi connectivity index (χ0v) is 16.9. The molecule has 5 nitrogen and oxygen atoms in total. The van der Waals surface area contributed by atoms with Gasteiger partial charge in [0.25, 0.3) is 11.5 Å². The predicted octanol–water partition coefficient (Wildman–Crippen LogP) is 3.75. The van der Waals surface area contributed by atoms with Gasteiger partial charge in [-0.05, 0) is 48.8 Å². The van der Waals surface area contributed by atoms with Crippen molar-refractivity contribution in [3.63, 3.8) is 0 Å². The summed E-state index contributed by atoms with van der Waals surface area (Å²) in [4.78, 5) is 35.8. The minimum absolute atomic E-state index is 0.0310. The fourth-order valence-corrected chi connectivity index (χ4v) is 6.23. The molecule has 0 aliphatic carbocycles. The van der Waals surface area contributed by atoms with E-state index in [-0.39, 0.29) is 11.5 Å². The molecule has 3 aromatic heterocycles. The van der Waals surface area contributed by atoms with Gasteiger partial charge in [0.2, 0.25) is 0 Å². The van der Waals surface area contributed by atoms with E-state index in [9.17, 15) is 9.59 Å². The van der Waals surface area contributed by atoms with Crippen molar-refractivity contribution in [3.8, 4) is 0 Å². The maximum Gasteiger partial charge on any atom is 0.264 e. The first-order chi connectivity index (χ1) is 13.1. The highest BCUT2D eigenvalue weighted by Gasteiger charge is 2.27. The Morgan fingerprint density at radius 1 is 1.19 bits per heavy atom. The lowest BCUT2D eigenvalue weighted by molar-refractivity contribution is 0.0740. The summed E-state index contributed by atoms with van der Waals surface area (Å²) in [5.41, 5.74) is 2.08. The minimum Gasteiger partial charge on any atom is -0.333 e. The number of fused-ring (bicyclic) bond motifs is 3. The second-order valence-electron chi connectivity index (χ2n) is 7.38.